The Morgan fingerprint density at radius 3 is 2.74 bits per heavy atom. The molecule has 0 aliphatic carbocycles. The first-order valence-electron chi connectivity index (χ1n) is 5.68. The molecule has 0 radical (unpaired) electrons. The smallest absolute Gasteiger partial charge is 0.276 e. The molecule has 2 rings (SSSR count). The van der Waals surface area contributed by atoms with E-state index in [4.69, 9.17) is 12.2 Å². The molecule has 0 atom stereocenters. The summed E-state index contributed by atoms with van der Waals surface area (Å²) < 4.78 is 1.99. The van der Waals surface area contributed by atoms with Gasteiger partial charge in [-0.1, -0.05) is 13.8 Å². The molecule has 1 amide bonds. The van der Waals surface area contributed by atoms with Gasteiger partial charge in [0.05, 0.1) is 3.79 Å². The minimum atomic E-state index is -0.0562. The lowest BCUT2D eigenvalue weighted by Crippen LogP contribution is -2.33. The van der Waals surface area contributed by atoms with Gasteiger partial charge in [-0.3, -0.25) is 9.69 Å². The van der Waals surface area contributed by atoms with Crippen LogP contribution in [0.5, 0.6) is 0 Å². The quantitative estimate of drug-likeness (QED) is 0.589. The van der Waals surface area contributed by atoms with Crippen molar-refractivity contribution < 1.29 is 4.79 Å². The summed E-state index contributed by atoms with van der Waals surface area (Å²) >= 11 is 13.6. The van der Waals surface area contributed by atoms with Crippen molar-refractivity contribution >= 4 is 72.5 Å². The third kappa shape index (κ3) is 3.45. The highest BCUT2D eigenvalue weighted by Gasteiger charge is 2.30. The van der Waals surface area contributed by atoms with Crippen LogP contribution < -0.4 is 5.32 Å². The number of nitrogens with one attached hydrogen (secondary N) is 1. The number of thiocarbonyl (C=S) groups is 1. The summed E-state index contributed by atoms with van der Waals surface area (Å²) in [6, 6.07) is 1.96. The first-order chi connectivity index (χ1) is 8.88. The Hall–Kier alpha value is -0.240. The van der Waals surface area contributed by atoms with Crippen LogP contribution in [0.4, 0.5) is 0 Å². The highest BCUT2D eigenvalue weighted by molar-refractivity contribution is 9.13. The van der Waals surface area contributed by atoms with Crippen molar-refractivity contribution in [3.63, 3.8) is 0 Å². The summed E-state index contributed by atoms with van der Waals surface area (Å²) in [5, 5.41) is 3.47. The van der Waals surface area contributed by atoms with E-state index in [1.54, 1.807) is 16.2 Å². The highest BCUT2D eigenvalue weighted by Crippen LogP contribution is 2.33. The highest BCUT2D eigenvalue weighted by atomic mass is 79.9. The number of amides is 1. The van der Waals surface area contributed by atoms with Crippen LogP contribution in [0.3, 0.4) is 0 Å². The van der Waals surface area contributed by atoms with Crippen molar-refractivity contribution in [2.24, 2.45) is 5.92 Å². The van der Waals surface area contributed by atoms with E-state index in [9.17, 15) is 4.79 Å². The van der Waals surface area contributed by atoms with Gasteiger partial charge in [-0.15, -0.1) is 11.3 Å². The van der Waals surface area contributed by atoms with Gasteiger partial charge >= 0.3 is 0 Å². The van der Waals surface area contributed by atoms with Crippen LogP contribution in [-0.2, 0) is 4.79 Å². The number of nitrogens with zero attached hydrogens (tertiary/aromatic N) is 1. The van der Waals surface area contributed by atoms with Crippen LogP contribution >= 0.6 is 55.4 Å². The molecule has 1 aromatic heterocycles. The van der Waals surface area contributed by atoms with Crippen molar-refractivity contribution in [2.45, 2.75) is 13.8 Å². The first kappa shape index (κ1) is 15.2. The van der Waals surface area contributed by atoms with E-state index < -0.39 is 0 Å². The maximum atomic E-state index is 12.2. The lowest BCUT2D eigenvalue weighted by molar-refractivity contribution is -0.122. The van der Waals surface area contributed by atoms with Crippen molar-refractivity contribution in [3.8, 4) is 0 Å². The van der Waals surface area contributed by atoms with E-state index in [1.165, 1.54) is 0 Å². The molecule has 1 aliphatic heterocycles. The van der Waals surface area contributed by atoms with E-state index in [0.29, 0.717) is 23.3 Å². The van der Waals surface area contributed by atoms with Gasteiger partial charge in [0.1, 0.15) is 5.70 Å². The zero-order chi connectivity index (χ0) is 14.2. The summed E-state index contributed by atoms with van der Waals surface area (Å²) in [4.78, 5) is 14.8. The minimum Gasteiger partial charge on any atom is -0.328 e. The minimum absolute atomic E-state index is 0.0562. The molecule has 1 aromatic rings. The molecule has 3 nitrogen and oxygen atoms in total. The standard InChI is InChI=1S/C12H12Br2N2OS2/c1-6(2)5-16-11(17)9(15-12(16)18)4-7-3-8(13)10(14)19-7/h3-4,6H,5H2,1-2H3,(H,15,18)/b9-4+. The second-order valence-electron chi connectivity index (χ2n) is 4.57. The zero-order valence-corrected chi connectivity index (χ0v) is 15.2. The fourth-order valence-corrected chi connectivity index (χ4v) is 3.98. The number of hydrogen-bond donors (Lipinski definition) is 1. The fourth-order valence-electron chi connectivity index (χ4n) is 1.68. The Kier molecular flexibility index (Phi) is 4.81. The molecule has 1 fully saturated rings. The average Bonchev–Trinajstić information content (AvgIpc) is 2.74. The molecule has 1 saturated heterocycles. The number of hydrogen-bond acceptors (Lipinski definition) is 3. The summed E-state index contributed by atoms with van der Waals surface area (Å²) in [7, 11) is 0. The van der Waals surface area contributed by atoms with Gasteiger partial charge in [0.25, 0.3) is 5.91 Å². The molecule has 7 heteroatoms. The normalized spacial score (nSPS) is 17.7. The maximum absolute atomic E-state index is 12.2. The van der Waals surface area contributed by atoms with Gasteiger partial charge in [0.15, 0.2) is 5.11 Å². The fraction of sp³-hybridized carbons (Fsp3) is 0.333. The van der Waals surface area contributed by atoms with Crippen LogP contribution in [-0.4, -0.2) is 22.5 Å². The average molecular weight is 424 g/mol. The molecule has 0 aromatic carbocycles. The molecule has 19 heavy (non-hydrogen) atoms. The predicted molar refractivity (Wildman–Crippen MR) is 90.0 cm³/mol. The summed E-state index contributed by atoms with van der Waals surface area (Å²) in [6.45, 7) is 4.76. The van der Waals surface area contributed by atoms with Gasteiger partial charge < -0.3 is 5.32 Å². The molecular formula is C12H12Br2N2OS2. The van der Waals surface area contributed by atoms with Crippen LogP contribution in [0.2, 0.25) is 0 Å². The molecular weight excluding hydrogens is 412 g/mol. The predicted octanol–water partition coefficient (Wildman–Crippen LogP) is 3.99. The van der Waals surface area contributed by atoms with Crippen molar-refractivity contribution in [2.75, 3.05) is 6.54 Å². The van der Waals surface area contributed by atoms with Gasteiger partial charge in [-0.05, 0) is 62.1 Å². The topological polar surface area (TPSA) is 32.3 Å². The maximum Gasteiger partial charge on any atom is 0.276 e. The Morgan fingerprint density at radius 2 is 2.21 bits per heavy atom. The van der Waals surface area contributed by atoms with E-state index >= 15 is 0 Å². The van der Waals surface area contributed by atoms with Crippen LogP contribution in [0.1, 0.15) is 18.7 Å². The van der Waals surface area contributed by atoms with Gasteiger partial charge in [0.2, 0.25) is 0 Å². The molecule has 1 aliphatic rings. The summed E-state index contributed by atoms with van der Waals surface area (Å²) in [5.41, 5.74) is 0.534. The number of carbonyl (C=O) groups excluding carboxylic acids is 1. The number of carbonyl (C=O) groups is 1. The van der Waals surface area contributed by atoms with Gasteiger partial charge in [-0.25, -0.2) is 0 Å². The van der Waals surface area contributed by atoms with Crippen molar-refractivity contribution in [3.05, 3.63) is 24.9 Å². The third-order valence-electron chi connectivity index (χ3n) is 2.46. The Bertz CT molecular complexity index is 547. The number of rotatable bonds is 3. The second-order valence-corrected chi connectivity index (χ2v) is 8.21. The zero-order valence-electron chi connectivity index (χ0n) is 10.4. The molecule has 0 unspecified atom stereocenters. The first-order valence-corrected chi connectivity index (χ1v) is 8.49. The summed E-state index contributed by atoms with van der Waals surface area (Å²) in [6.07, 6.45) is 1.83. The monoisotopic (exact) mass is 422 g/mol. The Balaban J connectivity index is 2.23. The molecule has 0 bridgehead atoms. The van der Waals surface area contributed by atoms with Gasteiger partial charge in [0, 0.05) is 15.9 Å². The van der Waals surface area contributed by atoms with Crippen molar-refractivity contribution in [1.29, 1.82) is 0 Å². The molecule has 102 valence electrons. The number of halogens is 2. The SMILES string of the molecule is CC(C)CN1C(=O)/C(=C\c2cc(Br)c(Br)s2)NC1=S. The van der Waals surface area contributed by atoms with E-state index in [0.717, 1.165) is 13.1 Å². The van der Waals surface area contributed by atoms with Crippen LogP contribution in [0, 0.1) is 5.92 Å². The molecule has 1 N–H and O–H groups in total. The lowest BCUT2D eigenvalue weighted by atomic mass is 10.2. The van der Waals surface area contributed by atoms with Crippen LogP contribution in [0.15, 0.2) is 20.0 Å². The molecule has 0 saturated carbocycles. The van der Waals surface area contributed by atoms with Gasteiger partial charge in [-0.2, -0.15) is 0 Å². The Morgan fingerprint density at radius 1 is 1.53 bits per heavy atom. The third-order valence-corrected chi connectivity index (χ3v) is 5.99. The van der Waals surface area contributed by atoms with E-state index in [-0.39, 0.29) is 5.91 Å². The van der Waals surface area contributed by atoms with Crippen molar-refractivity contribution in [1.82, 2.24) is 10.2 Å². The summed E-state index contributed by atoms with van der Waals surface area (Å²) in [5.74, 6) is 0.326. The van der Waals surface area contributed by atoms with E-state index in [2.05, 4.69) is 51.0 Å². The largest absolute Gasteiger partial charge is 0.328 e. The second kappa shape index (κ2) is 6.03. The van der Waals surface area contributed by atoms with E-state index in [1.807, 2.05) is 12.1 Å². The molecule has 0 spiro atoms. The lowest BCUT2D eigenvalue weighted by Gasteiger charge is -2.15. The number of thiophene rings is 1. The molecule has 2 heterocycles. The Labute approximate surface area is 138 Å². The van der Waals surface area contributed by atoms with Crippen LogP contribution in [0.25, 0.3) is 6.08 Å².